The lowest BCUT2D eigenvalue weighted by molar-refractivity contribution is -0.149. The molecule has 0 aromatic carbocycles. The number of nitrogen functional groups attached to an aromatic ring is 1. The van der Waals surface area contributed by atoms with Gasteiger partial charge in [-0.15, -0.1) is 0 Å². The Labute approximate surface area is 102 Å². The average molecular weight is 259 g/mol. The van der Waals surface area contributed by atoms with Gasteiger partial charge in [-0.05, 0) is 6.07 Å². The second-order valence-electron chi connectivity index (χ2n) is 4.10. The molecule has 0 amide bonds. The summed E-state index contributed by atoms with van der Waals surface area (Å²) in [6, 6.07) is 0.377. The summed E-state index contributed by atoms with van der Waals surface area (Å²) >= 11 is 0. The number of aliphatic hydroxyl groups excluding tert-OH is 2. The van der Waals surface area contributed by atoms with E-state index < -0.39 is 36.7 Å². The number of hydrogen-bond donors (Lipinski definition) is 3. The molecule has 4 atom stereocenters. The Kier molecular flexibility index (Phi) is 3.60. The molecule has 1 aromatic heterocycles. The second kappa shape index (κ2) is 5.01. The van der Waals surface area contributed by atoms with E-state index in [0.29, 0.717) is 0 Å². The van der Waals surface area contributed by atoms with Crippen LogP contribution in [0.3, 0.4) is 0 Å². The Morgan fingerprint density at radius 2 is 2.39 bits per heavy atom. The summed E-state index contributed by atoms with van der Waals surface area (Å²) in [6.45, 7) is -0.613. The van der Waals surface area contributed by atoms with Crippen molar-refractivity contribution in [3.8, 4) is 0 Å². The molecule has 2 rings (SSSR count). The zero-order valence-electron chi connectivity index (χ0n) is 9.44. The van der Waals surface area contributed by atoms with Crippen LogP contribution in [0.5, 0.6) is 0 Å². The zero-order valence-corrected chi connectivity index (χ0v) is 9.44. The van der Waals surface area contributed by atoms with Crippen LogP contribution in [0.25, 0.3) is 0 Å². The quantitative estimate of drug-likeness (QED) is 0.593. The Balaban J connectivity index is 2.27. The van der Waals surface area contributed by atoms with Crippen molar-refractivity contribution >= 4 is 5.82 Å². The van der Waals surface area contributed by atoms with Gasteiger partial charge in [0.25, 0.3) is 0 Å². The molecule has 1 aromatic rings. The van der Waals surface area contributed by atoms with Gasteiger partial charge in [-0.1, -0.05) is 0 Å². The molecule has 0 spiro atoms. The molecular formula is C10H14FN3O4. The van der Waals surface area contributed by atoms with E-state index in [2.05, 4.69) is 4.98 Å². The third-order valence-corrected chi connectivity index (χ3v) is 2.94. The molecule has 1 aliphatic rings. The molecular weight excluding hydrogens is 245 g/mol. The predicted octanol–water partition coefficient (Wildman–Crippen LogP) is -1.54. The van der Waals surface area contributed by atoms with Gasteiger partial charge in [0.1, 0.15) is 18.0 Å². The SMILES string of the molecule is Nc1ccn([C@@H]2CO[C@H](CO)[C@@H](O)[C@H]2F)c(=O)n1. The van der Waals surface area contributed by atoms with Crippen molar-refractivity contribution in [3.05, 3.63) is 22.7 Å². The van der Waals surface area contributed by atoms with Gasteiger partial charge in [0.05, 0.1) is 19.3 Å². The Morgan fingerprint density at radius 3 is 3.00 bits per heavy atom. The minimum Gasteiger partial charge on any atom is -0.394 e. The van der Waals surface area contributed by atoms with Gasteiger partial charge in [-0.2, -0.15) is 4.98 Å². The van der Waals surface area contributed by atoms with E-state index in [1.807, 2.05) is 0 Å². The Hall–Kier alpha value is -1.51. The molecule has 1 saturated heterocycles. The fourth-order valence-corrected chi connectivity index (χ4v) is 1.92. The number of nitrogens with two attached hydrogens (primary N) is 1. The number of alkyl halides is 1. The van der Waals surface area contributed by atoms with E-state index in [1.165, 1.54) is 12.3 Å². The Bertz CT molecular complexity index is 480. The summed E-state index contributed by atoms with van der Waals surface area (Å²) in [6.07, 6.45) is -2.89. The highest BCUT2D eigenvalue weighted by Crippen LogP contribution is 2.26. The maximum absolute atomic E-state index is 14.0. The average Bonchev–Trinajstić information content (AvgIpc) is 2.34. The van der Waals surface area contributed by atoms with Crippen LogP contribution < -0.4 is 11.4 Å². The number of nitrogens with zero attached hydrogens (tertiary/aromatic N) is 2. The third kappa shape index (κ3) is 2.22. The van der Waals surface area contributed by atoms with E-state index in [0.717, 1.165) is 4.57 Å². The maximum Gasteiger partial charge on any atom is 0.349 e. The van der Waals surface area contributed by atoms with Gasteiger partial charge in [-0.25, -0.2) is 9.18 Å². The van der Waals surface area contributed by atoms with Crippen LogP contribution in [0.4, 0.5) is 10.2 Å². The van der Waals surface area contributed by atoms with E-state index in [4.69, 9.17) is 15.6 Å². The lowest BCUT2D eigenvalue weighted by Gasteiger charge is -2.36. The minimum absolute atomic E-state index is 0.0390. The van der Waals surface area contributed by atoms with E-state index in [9.17, 15) is 14.3 Å². The van der Waals surface area contributed by atoms with Crippen molar-refractivity contribution in [2.24, 2.45) is 0 Å². The first-order valence-corrected chi connectivity index (χ1v) is 5.44. The van der Waals surface area contributed by atoms with Crippen LogP contribution in [0.1, 0.15) is 6.04 Å². The van der Waals surface area contributed by atoms with Gasteiger partial charge in [-0.3, -0.25) is 4.57 Å². The molecule has 0 radical (unpaired) electrons. The van der Waals surface area contributed by atoms with Crippen LogP contribution in [-0.4, -0.2) is 51.4 Å². The fourth-order valence-electron chi connectivity index (χ4n) is 1.92. The second-order valence-corrected chi connectivity index (χ2v) is 4.10. The van der Waals surface area contributed by atoms with Crippen LogP contribution >= 0.6 is 0 Å². The van der Waals surface area contributed by atoms with Gasteiger partial charge >= 0.3 is 5.69 Å². The summed E-state index contributed by atoms with van der Waals surface area (Å²) in [7, 11) is 0. The maximum atomic E-state index is 14.0. The smallest absolute Gasteiger partial charge is 0.349 e. The molecule has 0 aliphatic carbocycles. The molecule has 0 saturated carbocycles. The molecule has 0 unspecified atom stereocenters. The standard InChI is InChI=1S/C10H14FN3O4/c11-8-5(4-18-6(3-15)9(8)16)14-2-1-7(12)13-10(14)17/h1-2,5-6,8-9,15-16H,3-4H2,(H2,12,13,17)/t5-,6-,8+,9-/m1/s1. The van der Waals surface area contributed by atoms with Crippen molar-refractivity contribution < 1.29 is 19.3 Å². The molecule has 1 fully saturated rings. The minimum atomic E-state index is -1.72. The molecule has 7 nitrogen and oxygen atoms in total. The van der Waals surface area contributed by atoms with E-state index in [-0.39, 0.29) is 12.4 Å². The lowest BCUT2D eigenvalue weighted by atomic mass is 9.99. The first kappa shape index (κ1) is 12.9. The third-order valence-electron chi connectivity index (χ3n) is 2.94. The zero-order chi connectivity index (χ0) is 13.3. The lowest BCUT2D eigenvalue weighted by Crippen LogP contribution is -2.51. The van der Waals surface area contributed by atoms with Crippen molar-refractivity contribution in [2.75, 3.05) is 18.9 Å². The summed E-state index contributed by atoms with van der Waals surface area (Å²) in [4.78, 5) is 15.0. The molecule has 1 aliphatic heterocycles. The first-order chi connectivity index (χ1) is 8.54. The van der Waals surface area contributed by atoms with Crippen molar-refractivity contribution in [3.63, 3.8) is 0 Å². The van der Waals surface area contributed by atoms with Crippen LogP contribution in [-0.2, 0) is 4.74 Å². The summed E-state index contributed by atoms with van der Waals surface area (Å²) in [5.74, 6) is 0.0390. The van der Waals surface area contributed by atoms with Gasteiger partial charge in [0, 0.05) is 6.20 Å². The molecule has 4 N–H and O–H groups in total. The summed E-state index contributed by atoms with van der Waals surface area (Å²) in [5.41, 5.74) is 4.62. The first-order valence-electron chi connectivity index (χ1n) is 5.44. The topological polar surface area (TPSA) is 111 Å². The normalized spacial score (nSPS) is 32.4. The van der Waals surface area contributed by atoms with Crippen LogP contribution in [0, 0.1) is 0 Å². The highest BCUT2D eigenvalue weighted by atomic mass is 19.1. The van der Waals surface area contributed by atoms with E-state index in [1.54, 1.807) is 0 Å². The highest BCUT2D eigenvalue weighted by Gasteiger charge is 2.40. The number of halogens is 1. The number of rotatable bonds is 2. The molecule has 8 heteroatoms. The van der Waals surface area contributed by atoms with Gasteiger partial charge in [0.15, 0.2) is 6.17 Å². The van der Waals surface area contributed by atoms with Crippen molar-refractivity contribution in [2.45, 2.75) is 24.4 Å². The number of hydrogen-bond acceptors (Lipinski definition) is 6. The van der Waals surface area contributed by atoms with Gasteiger partial charge in [0.2, 0.25) is 0 Å². The van der Waals surface area contributed by atoms with Crippen LogP contribution in [0.15, 0.2) is 17.1 Å². The number of anilines is 1. The number of aliphatic hydroxyl groups is 2. The van der Waals surface area contributed by atoms with Gasteiger partial charge < -0.3 is 20.7 Å². The van der Waals surface area contributed by atoms with E-state index >= 15 is 0 Å². The monoisotopic (exact) mass is 259 g/mol. The van der Waals surface area contributed by atoms with Crippen molar-refractivity contribution in [1.82, 2.24) is 9.55 Å². The Morgan fingerprint density at radius 1 is 1.67 bits per heavy atom. The molecule has 100 valence electrons. The largest absolute Gasteiger partial charge is 0.394 e. The van der Waals surface area contributed by atoms with Crippen molar-refractivity contribution in [1.29, 1.82) is 0 Å². The number of ether oxygens (including phenoxy) is 1. The highest BCUT2D eigenvalue weighted by molar-refractivity contribution is 5.23. The van der Waals surface area contributed by atoms with Crippen LogP contribution in [0.2, 0.25) is 0 Å². The molecule has 2 heterocycles. The summed E-state index contributed by atoms with van der Waals surface area (Å²) < 4.78 is 20.1. The fraction of sp³-hybridized carbons (Fsp3) is 0.600. The predicted molar refractivity (Wildman–Crippen MR) is 59.7 cm³/mol. The molecule has 0 bridgehead atoms. The summed E-state index contributed by atoms with van der Waals surface area (Å²) in [5, 5.41) is 18.5. The number of aromatic nitrogens is 2. The molecule has 18 heavy (non-hydrogen) atoms.